The maximum atomic E-state index is 12.1. The Hall–Kier alpha value is -1.40. The normalized spacial score (nSPS) is 17.4. The van der Waals surface area contributed by atoms with Gasteiger partial charge in [-0.3, -0.25) is 9.59 Å². The minimum atomic E-state index is -0.417. The van der Waals surface area contributed by atoms with Crippen molar-refractivity contribution in [1.82, 2.24) is 9.80 Å². The molecule has 1 aromatic heterocycles. The van der Waals surface area contributed by atoms with E-state index in [2.05, 4.69) is 0 Å². The maximum Gasteiger partial charge on any atom is 0.264 e. The summed E-state index contributed by atoms with van der Waals surface area (Å²) < 4.78 is 0. The molecule has 1 atom stereocenters. The van der Waals surface area contributed by atoms with Crippen molar-refractivity contribution in [3.63, 3.8) is 0 Å². The molecule has 6 heteroatoms. The average molecular weight is 281 g/mol. The van der Waals surface area contributed by atoms with Crippen molar-refractivity contribution in [2.75, 3.05) is 26.2 Å². The van der Waals surface area contributed by atoms with Gasteiger partial charge in [0, 0.05) is 26.2 Å². The molecular weight excluding hydrogens is 262 g/mol. The van der Waals surface area contributed by atoms with Crippen molar-refractivity contribution >= 4 is 23.2 Å². The van der Waals surface area contributed by atoms with Gasteiger partial charge in [-0.1, -0.05) is 13.0 Å². The van der Waals surface area contributed by atoms with Crippen LogP contribution >= 0.6 is 11.3 Å². The molecule has 1 aliphatic rings. The minimum Gasteiger partial charge on any atom is -0.338 e. The van der Waals surface area contributed by atoms with Gasteiger partial charge in [-0.2, -0.15) is 0 Å². The summed E-state index contributed by atoms with van der Waals surface area (Å²) in [5.74, 6) is 0.0487. The molecule has 0 aliphatic carbocycles. The van der Waals surface area contributed by atoms with Gasteiger partial charge in [-0.15, -0.1) is 11.3 Å². The van der Waals surface area contributed by atoms with Gasteiger partial charge in [0.2, 0.25) is 5.91 Å². The van der Waals surface area contributed by atoms with E-state index in [1.54, 1.807) is 9.80 Å². The number of piperazine rings is 1. The first-order valence-electron chi connectivity index (χ1n) is 6.50. The molecule has 1 aliphatic heterocycles. The fraction of sp³-hybridized carbons (Fsp3) is 0.538. The van der Waals surface area contributed by atoms with E-state index in [1.807, 2.05) is 24.4 Å². The van der Waals surface area contributed by atoms with E-state index in [9.17, 15) is 9.59 Å². The Labute approximate surface area is 117 Å². The van der Waals surface area contributed by atoms with Crippen LogP contribution in [0.25, 0.3) is 0 Å². The van der Waals surface area contributed by atoms with Gasteiger partial charge >= 0.3 is 0 Å². The average Bonchev–Trinajstić information content (AvgIpc) is 2.99. The first-order chi connectivity index (χ1) is 9.13. The zero-order valence-corrected chi connectivity index (χ0v) is 11.9. The molecule has 2 heterocycles. The molecule has 0 bridgehead atoms. The van der Waals surface area contributed by atoms with Crippen molar-refractivity contribution in [2.45, 2.75) is 19.4 Å². The SMILES string of the molecule is CCC(N)C(=O)N1CCN(C(=O)c2cccs2)CC1. The summed E-state index contributed by atoms with van der Waals surface area (Å²) in [5.41, 5.74) is 5.75. The number of rotatable bonds is 3. The molecule has 1 unspecified atom stereocenters. The van der Waals surface area contributed by atoms with Crippen LogP contribution in [0.3, 0.4) is 0 Å². The number of thiophene rings is 1. The number of carbonyl (C=O) groups is 2. The summed E-state index contributed by atoms with van der Waals surface area (Å²) in [6.45, 7) is 4.21. The Balaban J connectivity index is 1.89. The third kappa shape index (κ3) is 3.13. The highest BCUT2D eigenvalue weighted by molar-refractivity contribution is 7.12. The number of hydrogen-bond donors (Lipinski definition) is 1. The van der Waals surface area contributed by atoms with E-state index in [0.717, 1.165) is 4.88 Å². The second-order valence-electron chi connectivity index (χ2n) is 4.61. The smallest absolute Gasteiger partial charge is 0.264 e. The lowest BCUT2D eigenvalue weighted by atomic mass is 10.2. The third-order valence-electron chi connectivity index (χ3n) is 3.37. The van der Waals surface area contributed by atoms with Gasteiger partial charge in [0.05, 0.1) is 10.9 Å². The Morgan fingerprint density at radius 2 is 1.95 bits per heavy atom. The molecule has 2 N–H and O–H groups in total. The van der Waals surface area contributed by atoms with Crippen LogP contribution in [-0.4, -0.2) is 53.8 Å². The van der Waals surface area contributed by atoms with Gasteiger partial charge in [0.15, 0.2) is 0 Å². The van der Waals surface area contributed by atoms with Gasteiger partial charge in [-0.25, -0.2) is 0 Å². The molecule has 0 spiro atoms. The van der Waals surface area contributed by atoms with Crippen molar-refractivity contribution < 1.29 is 9.59 Å². The van der Waals surface area contributed by atoms with Gasteiger partial charge < -0.3 is 15.5 Å². The molecular formula is C13H19N3O2S. The van der Waals surface area contributed by atoms with Gasteiger partial charge in [0.1, 0.15) is 0 Å². The molecule has 2 amide bonds. The highest BCUT2D eigenvalue weighted by Crippen LogP contribution is 2.14. The Morgan fingerprint density at radius 3 is 2.47 bits per heavy atom. The lowest BCUT2D eigenvalue weighted by Gasteiger charge is -2.35. The minimum absolute atomic E-state index is 0.00859. The zero-order valence-electron chi connectivity index (χ0n) is 11.0. The van der Waals surface area contributed by atoms with E-state index in [-0.39, 0.29) is 11.8 Å². The number of amides is 2. The fourth-order valence-electron chi connectivity index (χ4n) is 2.10. The first kappa shape index (κ1) is 14.0. The van der Waals surface area contributed by atoms with Crippen LogP contribution in [0, 0.1) is 0 Å². The molecule has 5 nitrogen and oxygen atoms in total. The summed E-state index contributed by atoms with van der Waals surface area (Å²) in [6, 6.07) is 3.29. The second kappa shape index (κ2) is 6.16. The predicted octanol–water partition coefficient (Wildman–Crippen LogP) is 0.770. The Bertz CT molecular complexity index is 439. The third-order valence-corrected chi connectivity index (χ3v) is 4.23. The van der Waals surface area contributed by atoms with E-state index >= 15 is 0 Å². The number of nitrogens with two attached hydrogens (primary N) is 1. The Morgan fingerprint density at radius 1 is 1.32 bits per heavy atom. The zero-order chi connectivity index (χ0) is 13.8. The van der Waals surface area contributed by atoms with Gasteiger partial charge in [-0.05, 0) is 17.9 Å². The van der Waals surface area contributed by atoms with Crippen molar-refractivity contribution in [2.24, 2.45) is 5.73 Å². The summed E-state index contributed by atoms with van der Waals surface area (Å²) in [4.78, 5) is 28.4. The molecule has 0 saturated carbocycles. The summed E-state index contributed by atoms with van der Waals surface area (Å²) >= 11 is 1.45. The van der Waals surface area contributed by atoms with Crippen LogP contribution in [0.2, 0.25) is 0 Å². The lowest BCUT2D eigenvalue weighted by molar-refractivity contribution is -0.134. The molecule has 1 saturated heterocycles. The molecule has 0 aromatic carbocycles. The summed E-state index contributed by atoms with van der Waals surface area (Å²) in [7, 11) is 0. The highest BCUT2D eigenvalue weighted by Gasteiger charge is 2.27. The number of hydrogen-bond acceptors (Lipinski definition) is 4. The molecule has 104 valence electrons. The highest BCUT2D eigenvalue weighted by atomic mass is 32.1. The fourth-order valence-corrected chi connectivity index (χ4v) is 2.79. The number of carbonyl (C=O) groups excluding carboxylic acids is 2. The van der Waals surface area contributed by atoms with Crippen LogP contribution in [0.15, 0.2) is 17.5 Å². The van der Waals surface area contributed by atoms with Crippen LogP contribution in [0.4, 0.5) is 0 Å². The van der Waals surface area contributed by atoms with Crippen LogP contribution < -0.4 is 5.73 Å². The standard InChI is InChI=1S/C13H19N3O2S/c1-2-10(14)12(17)15-5-7-16(8-6-15)13(18)11-4-3-9-19-11/h3-4,9-10H,2,5-8,14H2,1H3. The molecule has 19 heavy (non-hydrogen) atoms. The lowest BCUT2D eigenvalue weighted by Crippen LogP contribution is -2.54. The maximum absolute atomic E-state index is 12.1. The monoisotopic (exact) mass is 281 g/mol. The largest absolute Gasteiger partial charge is 0.338 e. The van der Waals surface area contributed by atoms with Crippen LogP contribution in [-0.2, 0) is 4.79 Å². The second-order valence-corrected chi connectivity index (χ2v) is 5.56. The van der Waals surface area contributed by atoms with Crippen molar-refractivity contribution in [1.29, 1.82) is 0 Å². The molecule has 1 aromatic rings. The summed E-state index contributed by atoms with van der Waals surface area (Å²) in [5, 5.41) is 1.90. The first-order valence-corrected chi connectivity index (χ1v) is 7.38. The van der Waals surface area contributed by atoms with Crippen LogP contribution in [0.5, 0.6) is 0 Å². The topological polar surface area (TPSA) is 66.6 Å². The quantitative estimate of drug-likeness (QED) is 0.890. The molecule has 1 fully saturated rings. The Kier molecular flexibility index (Phi) is 4.55. The van der Waals surface area contributed by atoms with Crippen LogP contribution in [0.1, 0.15) is 23.0 Å². The number of nitrogens with zero attached hydrogens (tertiary/aromatic N) is 2. The van der Waals surface area contributed by atoms with E-state index in [1.165, 1.54) is 11.3 Å². The summed E-state index contributed by atoms with van der Waals surface area (Å²) in [6.07, 6.45) is 0.646. The van der Waals surface area contributed by atoms with E-state index in [0.29, 0.717) is 32.6 Å². The molecule has 0 radical (unpaired) electrons. The van der Waals surface area contributed by atoms with E-state index < -0.39 is 6.04 Å². The molecule has 2 rings (SSSR count). The van der Waals surface area contributed by atoms with Crippen molar-refractivity contribution in [3.8, 4) is 0 Å². The van der Waals surface area contributed by atoms with Crippen molar-refractivity contribution in [3.05, 3.63) is 22.4 Å². The predicted molar refractivity (Wildman–Crippen MR) is 75.1 cm³/mol. The van der Waals surface area contributed by atoms with E-state index in [4.69, 9.17) is 5.73 Å². The van der Waals surface area contributed by atoms with Gasteiger partial charge in [0.25, 0.3) is 5.91 Å².